The van der Waals surface area contributed by atoms with Gasteiger partial charge in [0.2, 0.25) is 5.91 Å². The summed E-state index contributed by atoms with van der Waals surface area (Å²) in [5.41, 5.74) is 4.43. The zero-order chi connectivity index (χ0) is 25.4. The molecular formula is C26H30N2O7. The van der Waals surface area contributed by atoms with E-state index in [9.17, 15) is 24.3 Å². The summed E-state index contributed by atoms with van der Waals surface area (Å²) in [6.07, 6.45) is -0.112. The summed E-state index contributed by atoms with van der Waals surface area (Å²) in [5, 5.41) is 14.3. The van der Waals surface area contributed by atoms with Gasteiger partial charge in [-0.1, -0.05) is 61.9 Å². The molecule has 0 radical (unpaired) electrons. The highest BCUT2D eigenvalue weighted by molar-refractivity contribution is 5.87. The second-order valence-corrected chi connectivity index (χ2v) is 8.40. The minimum Gasteiger partial charge on any atom is -0.480 e. The van der Waals surface area contributed by atoms with Gasteiger partial charge in [-0.2, -0.15) is 0 Å². The third-order valence-electron chi connectivity index (χ3n) is 5.97. The lowest BCUT2D eigenvalue weighted by molar-refractivity contribution is -0.148. The van der Waals surface area contributed by atoms with Crippen LogP contribution >= 0.6 is 0 Å². The number of carbonyl (C=O) groups is 4. The van der Waals surface area contributed by atoms with E-state index in [4.69, 9.17) is 4.74 Å². The summed E-state index contributed by atoms with van der Waals surface area (Å²) in [6, 6.07) is 14.1. The number of nitrogens with one attached hydrogen (secondary N) is 2. The third-order valence-corrected chi connectivity index (χ3v) is 5.97. The highest BCUT2D eigenvalue weighted by Gasteiger charge is 2.30. The van der Waals surface area contributed by atoms with Gasteiger partial charge in [0.05, 0.1) is 13.5 Å². The van der Waals surface area contributed by atoms with Gasteiger partial charge in [0, 0.05) is 18.4 Å². The number of methoxy groups -OCH3 is 1. The number of carbonyl (C=O) groups excluding carboxylic acids is 3. The maximum absolute atomic E-state index is 12.6. The first-order chi connectivity index (χ1) is 16.8. The fourth-order valence-electron chi connectivity index (χ4n) is 4.31. The molecule has 0 bridgehead atoms. The molecule has 0 aromatic heterocycles. The highest BCUT2D eigenvalue weighted by Crippen LogP contribution is 2.44. The van der Waals surface area contributed by atoms with Crippen molar-refractivity contribution in [2.75, 3.05) is 13.7 Å². The first kappa shape index (κ1) is 25.7. The Morgan fingerprint density at radius 1 is 0.943 bits per heavy atom. The zero-order valence-corrected chi connectivity index (χ0v) is 19.8. The molecular weight excluding hydrogens is 452 g/mol. The Morgan fingerprint density at radius 3 is 2.09 bits per heavy atom. The van der Waals surface area contributed by atoms with Gasteiger partial charge in [0.25, 0.3) is 0 Å². The predicted octanol–water partition coefficient (Wildman–Crippen LogP) is 3.22. The predicted molar refractivity (Wildman–Crippen MR) is 128 cm³/mol. The lowest BCUT2D eigenvalue weighted by atomic mass is 9.98. The molecule has 35 heavy (non-hydrogen) atoms. The molecule has 2 amide bonds. The number of carboxylic acid groups (broad SMARTS) is 1. The van der Waals surface area contributed by atoms with E-state index < -0.39 is 42.4 Å². The van der Waals surface area contributed by atoms with E-state index in [0.717, 1.165) is 29.4 Å². The SMILES string of the molecule is CCC[C@@H](CC(=O)N[C@@H](CC(=O)OC)C(=O)O)NC(=O)OCC1c2ccccc2-c2ccccc21. The molecule has 3 rings (SSSR count). The molecule has 2 aromatic rings. The number of rotatable bonds is 11. The second kappa shape index (κ2) is 12.0. The van der Waals surface area contributed by atoms with Crippen molar-refractivity contribution in [3.63, 3.8) is 0 Å². The second-order valence-electron chi connectivity index (χ2n) is 8.40. The van der Waals surface area contributed by atoms with Gasteiger partial charge in [-0.3, -0.25) is 9.59 Å². The fraction of sp³-hybridized carbons (Fsp3) is 0.385. The number of amides is 2. The normalized spacial score (nSPS) is 13.7. The van der Waals surface area contributed by atoms with E-state index in [2.05, 4.69) is 27.5 Å². The van der Waals surface area contributed by atoms with Gasteiger partial charge < -0.3 is 25.2 Å². The van der Waals surface area contributed by atoms with Crippen LogP contribution in [0.2, 0.25) is 0 Å². The molecule has 2 atom stereocenters. The zero-order valence-electron chi connectivity index (χ0n) is 19.8. The Hall–Kier alpha value is -3.88. The number of alkyl carbamates (subject to hydrolysis) is 1. The monoisotopic (exact) mass is 482 g/mol. The summed E-state index contributed by atoms with van der Waals surface area (Å²) >= 11 is 0. The number of esters is 1. The average molecular weight is 483 g/mol. The third kappa shape index (κ3) is 6.59. The molecule has 0 aliphatic heterocycles. The molecule has 0 spiro atoms. The van der Waals surface area contributed by atoms with Gasteiger partial charge in [0.15, 0.2) is 0 Å². The topological polar surface area (TPSA) is 131 Å². The van der Waals surface area contributed by atoms with E-state index >= 15 is 0 Å². The van der Waals surface area contributed by atoms with Crippen LogP contribution in [-0.2, 0) is 23.9 Å². The standard InChI is InChI=1S/C26H30N2O7/c1-3-8-16(13-23(29)28-22(25(31)32)14-24(30)34-2)27-26(33)35-15-21-19-11-6-4-9-17(19)18-10-5-7-12-20(18)21/h4-7,9-12,16,21-22H,3,8,13-15H2,1-2H3,(H,27,33)(H,28,29)(H,31,32)/t16-,22-/m0/s1. The first-order valence-electron chi connectivity index (χ1n) is 11.5. The minimum atomic E-state index is -1.41. The van der Waals surface area contributed by atoms with Crippen molar-refractivity contribution >= 4 is 23.9 Å². The van der Waals surface area contributed by atoms with Gasteiger partial charge >= 0.3 is 18.0 Å². The van der Waals surface area contributed by atoms with Crippen LogP contribution in [0, 0.1) is 0 Å². The fourth-order valence-corrected chi connectivity index (χ4v) is 4.31. The summed E-state index contributed by atoms with van der Waals surface area (Å²) in [6.45, 7) is 2.05. The number of fused-ring (bicyclic) bond motifs is 3. The average Bonchev–Trinajstić information content (AvgIpc) is 3.16. The van der Waals surface area contributed by atoms with Crippen molar-refractivity contribution in [2.24, 2.45) is 0 Å². The lowest BCUT2D eigenvalue weighted by Crippen LogP contribution is -2.45. The number of ether oxygens (including phenoxy) is 2. The summed E-state index contributed by atoms with van der Waals surface area (Å²) < 4.78 is 10.0. The molecule has 3 N–H and O–H groups in total. The number of hydrogen-bond acceptors (Lipinski definition) is 6. The first-order valence-corrected chi connectivity index (χ1v) is 11.5. The molecule has 0 unspecified atom stereocenters. The van der Waals surface area contributed by atoms with Gasteiger partial charge in [0.1, 0.15) is 12.6 Å². The minimum absolute atomic E-state index is 0.0873. The quantitative estimate of drug-likeness (QED) is 0.419. The molecule has 9 nitrogen and oxygen atoms in total. The smallest absolute Gasteiger partial charge is 0.407 e. The van der Waals surface area contributed by atoms with Crippen molar-refractivity contribution in [1.29, 1.82) is 0 Å². The Balaban J connectivity index is 1.58. The Labute approximate surface area is 203 Å². The van der Waals surface area contributed by atoms with Crippen LogP contribution in [-0.4, -0.2) is 54.8 Å². The van der Waals surface area contributed by atoms with E-state index in [1.54, 1.807) is 0 Å². The molecule has 0 saturated heterocycles. The van der Waals surface area contributed by atoms with Crippen molar-refractivity contribution in [1.82, 2.24) is 10.6 Å². The van der Waals surface area contributed by atoms with Crippen LogP contribution < -0.4 is 10.6 Å². The lowest BCUT2D eigenvalue weighted by Gasteiger charge is -2.20. The van der Waals surface area contributed by atoms with Crippen molar-refractivity contribution < 1.29 is 33.8 Å². The Morgan fingerprint density at radius 2 is 1.54 bits per heavy atom. The molecule has 1 aliphatic rings. The van der Waals surface area contributed by atoms with Gasteiger partial charge in [-0.15, -0.1) is 0 Å². The van der Waals surface area contributed by atoms with Crippen molar-refractivity contribution in [2.45, 2.75) is 50.6 Å². The molecule has 0 heterocycles. The molecule has 2 aromatic carbocycles. The van der Waals surface area contributed by atoms with Crippen molar-refractivity contribution in [3.8, 4) is 11.1 Å². The Bertz CT molecular complexity index is 1040. The summed E-state index contributed by atoms with van der Waals surface area (Å²) in [5.74, 6) is -2.78. The molecule has 9 heteroatoms. The molecule has 1 aliphatic carbocycles. The number of hydrogen-bond donors (Lipinski definition) is 3. The van der Waals surface area contributed by atoms with Gasteiger partial charge in [-0.25, -0.2) is 9.59 Å². The van der Waals surface area contributed by atoms with Crippen LogP contribution in [0.15, 0.2) is 48.5 Å². The molecule has 186 valence electrons. The molecule has 0 fully saturated rings. The maximum atomic E-state index is 12.6. The number of aliphatic carboxylic acids is 1. The van der Waals surface area contributed by atoms with Crippen LogP contribution in [0.5, 0.6) is 0 Å². The van der Waals surface area contributed by atoms with Gasteiger partial charge in [-0.05, 0) is 28.7 Å². The summed E-state index contributed by atoms with van der Waals surface area (Å²) in [7, 11) is 1.14. The van der Waals surface area contributed by atoms with Crippen LogP contribution in [0.1, 0.15) is 49.7 Å². The van der Waals surface area contributed by atoms with Crippen LogP contribution in [0.4, 0.5) is 4.79 Å². The number of benzene rings is 2. The highest BCUT2D eigenvalue weighted by atomic mass is 16.5. The van der Waals surface area contributed by atoms with Crippen LogP contribution in [0.25, 0.3) is 11.1 Å². The maximum Gasteiger partial charge on any atom is 0.407 e. The molecule has 0 saturated carbocycles. The Kier molecular flexibility index (Phi) is 8.83. The van der Waals surface area contributed by atoms with E-state index in [-0.39, 0.29) is 18.9 Å². The largest absolute Gasteiger partial charge is 0.480 e. The van der Waals surface area contributed by atoms with E-state index in [0.29, 0.717) is 12.8 Å². The van der Waals surface area contributed by atoms with E-state index in [1.165, 1.54) is 0 Å². The van der Waals surface area contributed by atoms with Crippen LogP contribution in [0.3, 0.4) is 0 Å². The van der Waals surface area contributed by atoms with Crippen molar-refractivity contribution in [3.05, 3.63) is 59.7 Å². The van der Waals surface area contributed by atoms with E-state index in [1.807, 2.05) is 43.3 Å². The summed E-state index contributed by atoms with van der Waals surface area (Å²) in [4.78, 5) is 47.8. The number of carboxylic acids is 1.